The van der Waals surface area contributed by atoms with Gasteiger partial charge in [0.1, 0.15) is 11.5 Å². The molecule has 7 nitrogen and oxygen atoms in total. The number of ether oxygens (including phenoxy) is 4. The zero-order valence-corrected chi connectivity index (χ0v) is 23.1. The lowest BCUT2D eigenvalue weighted by atomic mass is 10.00. The Hall–Kier alpha value is -4.05. The molecule has 40 heavy (non-hydrogen) atoms. The second-order valence-electron chi connectivity index (χ2n) is 8.74. The number of carbonyl (C=O) groups excluding carboxylic acids is 1. The van der Waals surface area contributed by atoms with Gasteiger partial charge in [-0.15, -0.1) is 13.2 Å². The third-order valence-electron chi connectivity index (χ3n) is 6.38. The van der Waals surface area contributed by atoms with Gasteiger partial charge in [0.05, 0.1) is 19.2 Å². The van der Waals surface area contributed by atoms with Gasteiger partial charge in [0.15, 0.2) is 11.5 Å². The normalized spacial score (nSPS) is 11.4. The summed E-state index contributed by atoms with van der Waals surface area (Å²) < 4.78 is 60.5. The lowest BCUT2D eigenvalue weighted by Crippen LogP contribution is -2.33. The van der Waals surface area contributed by atoms with Crippen LogP contribution in [0.25, 0.3) is 22.0 Å². The molecule has 0 unspecified atom stereocenters. The molecular formula is C29H28ClF3N2O5. The number of amides is 1. The fourth-order valence-corrected chi connectivity index (χ4v) is 4.69. The van der Waals surface area contributed by atoms with Crippen LogP contribution in [0, 0.1) is 0 Å². The van der Waals surface area contributed by atoms with Crippen molar-refractivity contribution in [3.63, 3.8) is 0 Å². The van der Waals surface area contributed by atoms with E-state index in [0.717, 1.165) is 16.5 Å². The van der Waals surface area contributed by atoms with Crippen molar-refractivity contribution in [2.24, 2.45) is 0 Å². The maximum Gasteiger partial charge on any atom is 0.573 e. The Labute approximate surface area is 234 Å². The molecule has 4 aromatic rings. The van der Waals surface area contributed by atoms with Crippen LogP contribution < -0.4 is 18.9 Å². The molecule has 212 valence electrons. The second kappa shape index (κ2) is 12.0. The first-order chi connectivity index (χ1) is 19.1. The topological polar surface area (TPSA) is 62.2 Å². The predicted octanol–water partition coefficient (Wildman–Crippen LogP) is 7.77. The molecule has 0 saturated heterocycles. The summed E-state index contributed by atoms with van der Waals surface area (Å²) >= 11 is 6.06. The van der Waals surface area contributed by atoms with Gasteiger partial charge in [-0.1, -0.05) is 23.7 Å². The molecular weight excluding hydrogens is 549 g/mol. The molecule has 1 aromatic heterocycles. The van der Waals surface area contributed by atoms with Crippen molar-refractivity contribution in [1.82, 2.24) is 9.47 Å². The zero-order valence-electron chi connectivity index (χ0n) is 22.3. The van der Waals surface area contributed by atoms with Crippen molar-refractivity contribution in [1.29, 1.82) is 0 Å². The Bertz CT molecular complexity index is 1520. The Morgan fingerprint density at radius 2 is 1.57 bits per heavy atom. The Kier molecular flexibility index (Phi) is 8.68. The molecule has 0 saturated carbocycles. The van der Waals surface area contributed by atoms with E-state index in [4.69, 9.17) is 25.8 Å². The van der Waals surface area contributed by atoms with Crippen molar-refractivity contribution in [2.75, 3.05) is 27.3 Å². The first-order valence-corrected chi connectivity index (χ1v) is 12.8. The van der Waals surface area contributed by atoms with E-state index in [1.54, 1.807) is 30.2 Å². The Morgan fingerprint density at radius 1 is 0.900 bits per heavy atom. The molecule has 0 fully saturated rings. The summed E-state index contributed by atoms with van der Waals surface area (Å²) in [4.78, 5) is 14.4. The number of carbonyl (C=O) groups is 1. The number of nitrogens with zero attached hydrogens (tertiary/aromatic N) is 2. The third kappa shape index (κ3) is 6.22. The molecule has 0 spiro atoms. The van der Waals surface area contributed by atoms with Gasteiger partial charge < -0.3 is 28.4 Å². The summed E-state index contributed by atoms with van der Waals surface area (Å²) in [7, 11) is 3.08. The first-order valence-electron chi connectivity index (χ1n) is 12.4. The van der Waals surface area contributed by atoms with Gasteiger partial charge in [-0.05, 0) is 67.4 Å². The number of rotatable bonds is 9. The summed E-state index contributed by atoms with van der Waals surface area (Å²) in [6.07, 6.45) is -3.46. The Morgan fingerprint density at radius 3 is 2.20 bits per heavy atom. The van der Waals surface area contributed by atoms with E-state index in [-0.39, 0.29) is 5.02 Å². The van der Waals surface area contributed by atoms with E-state index in [0.29, 0.717) is 48.0 Å². The molecule has 0 aliphatic heterocycles. The van der Waals surface area contributed by atoms with Gasteiger partial charge in [-0.2, -0.15) is 0 Å². The molecule has 0 aliphatic carbocycles. The summed E-state index contributed by atoms with van der Waals surface area (Å²) in [5.74, 6) is 0.956. The van der Waals surface area contributed by atoms with Crippen LogP contribution in [0.3, 0.4) is 0 Å². The molecule has 3 aromatic carbocycles. The minimum absolute atomic E-state index is 0.150. The monoisotopic (exact) mass is 576 g/mol. The molecule has 1 amide bonds. The number of aromatic nitrogens is 1. The van der Waals surface area contributed by atoms with Gasteiger partial charge in [-0.3, -0.25) is 0 Å². The average Bonchev–Trinajstić information content (AvgIpc) is 3.32. The number of alkyl halides is 3. The van der Waals surface area contributed by atoms with Crippen LogP contribution in [-0.4, -0.2) is 49.2 Å². The SMILES string of the molecule is CCN(CC)C(=O)Oc1ccc2c(ccn2Cc2ccc(OC(F)(F)F)c(Cl)c2)c1-c1ccc(OC)c(OC)c1. The minimum Gasteiger partial charge on any atom is -0.493 e. The number of benzene rings is 3. The quantitative estimate of drug-likeness (QED) is 0.204. The minimum atomic E-state index is -4.84. The molecule has 4 rings (SSSR count). The number of methoxy groups -OCH3 is 2. The average molecular weight is 577 g/mol. The fraction of sp³-hybridized carbons (Fsp3) is 0.276. The van der Waals surface area contributed by atoms with E-state index in [9.17, 15) is 18.0 Å². The molecule has 1 heterocycles. The van der Waals surface area contributed by atoms with Crippen molar-refractivity contribution < 1.29 is 36.9 Å². The van der Waals surface area contributed by atoms with E-state index in [2.05, 4.69) is 4.74 Å². The Balaban J connectivity index is 1.78. The lowest BCUT2D eigenvalue weighted by molar-refractivity contribution is -0.274. The van der Waals surface area contributed by atoms with Gasteiger partial charge in [0.25, 0.3) is 0 Å². The predicted molar refractivity (Wildman–Crippen MR) is 147 cm³/mol. The molecule has 0 bridgehead atoms. The van der Waals surface area contributed by atoms with Crippen molar-refractivity contribution in [3.05, 3.63) is 71.4 Å². The van der Waals surface area contributed by atoms with Crippen LogP contribution in [0.15, 0.2) is 60.8 Å². The zero-order chi connectivity index (χ0) is 29.0. The largest absolute Gasteiger partial charge is 0.573 e. The van der Waals surface area contributed by atoms with E-state index in [1.807, 2.05) is 42.8 Å². The highest BCUT2D eigenvalue weighted by Gasteiger charge is 2.32. The van der Waals surface area contributed by atoms with Gasteiger partial charge in [0.2, 0.25) is 0 Å². The standard InChI is InChI=1S/C29H28ClF3N2O5/c1-5-34(6-2)28(36)39-25-12-9-22-20(27(25)19-8-11-24(37-3)26(16-19)38-4)13-14-35(22)17-18-7-10-23(21(30)15-18)40-29(31,32)33/h7-16H,5-6,17H2,1-4H3. The second-order valence-corrected chi connectivity index (χ2v) is 9.14. The van der Waals surface area contributed by atoms with Crippen LogP contribution in [-0.2, 0) is 6.54 Å². The summed E-state index contributed by atoms with van der Waals surface area (Å²) in [6.45, 7) is 5.05. The van der Waals surface area contributed by atoms with Crippen molar-refractivity contribution in [2.45, 2.75) is 26.8 Å². The van der Waals surface area contributed by atoms with Crippen LogP contribution in [0.4, 0.5) is 18.0 Å². The van der Waals surface area contributed by atoms with Crippen LogP contribution in [0.5, 0.6) is 23.0 Å². The van der Waals surface area contributed by atoms with E-state index >= 15 is 0 Å². The number of halogens is 4. The summed E-state index contributed by atoms with van der Waals surface area (Å²) in [5, 5.41) is 0.642. The lowest BCUT2D eigenvalue weighted by Gasteiger charge is -2.20. The van der Waals surface area contributed by atoms with Gasteiger partial charge in [0, 0.05) is 42.3 Å². The highest BCUT2D eigenvalue weighted by molar-refractivity contribution is 6.32. The fourth-order valence-electron chi connectivity index (χ4n) is 4.45. The first kappa shape index (κ1) is 28.9. The van der Waals surface area contributed by atoms with Crippen LogP contribution in [0.2, 0.25) is 5.02 Å². The van der Waals surface area contributed by atoms with Crippen molar-refractivity contribution >= 4 is 28.6 Å². The maximum atomic E-state index is 12.9. The summed E-state index contributed by atoms with van der Waals surface area (Å²) in [6, 6.07) is 15.0. The molecule has 0 atom stereocenters. The van der Waals surface area contributed by atoms with Gasteiger partial charge >= 0.3 is 12.5 Å². The van der Waals surface area contributed by atoms with Crippen molar-refractivity contribution in [3.8, 4) is 34.1 Å². The number of hydrogen-bond donors (Lipinski definition) is 0. The molecule has 0 radical (unpaired) electrons. The number of hydrogen-bond acceptors (Lipinski definition) is 5. The highest BCUT2D eigenvalue weighted by Crippen LogP contribution is 2.41. The molecule has 0 N–H and O–H groups in total. The molecule has 11 heteroatoms. The van der Waals surface area contributed by atoms with E-state index < -0.39 is 18.2 Å². The van der Waals surface area contributed by atoms with Crippen LogP contribution >= 0.6 is 11.6 Å². The number of fused-ring (bicyclic) bond motifs is 1. The van der Waals surface area contributed by atoms with Crippen LogP contribution in [0.1, 0.15) is 19.4 Å². The highest BCUT2D eigenvalue weighted by atomic mass is 35.5. The third-order valence-corrected chi connectivity index (χ3v) is 6.68. The molecule has 0 aliphatic rings. The summed E-state index contributed by atoms with van der Waals surface area (Å²) in [5.41, 5.74) is 2.88. The van der Waals surface area contributed by atoms with Gasteiger partial charge in [-0.25, -0.2) is 4.79 Å². The van der Waals surface area contributed by atoms with E-state index in [1.165, 1.54) is 25.3 Å². The maximum absolute atomic E-state index is 12.9. The smallest absolute Gasteiger partial charge is 0.493 e.